The number of piperazine rings is 1. The van der Waals surface area contributed by atoms with E-state index in [4.69, 9.17) is 11.6 Å². The van der Waals surface area contributed by atoms with Crippen molar-refractivity contribution < 1.29 is 4.79 Å². The van der Waals surface area contributed by atoms with Crippen LogP contribution in [0.3, 0.4) is 0 Å². The lowest BCUT2D eigenvalue weighted by atomic mass is 9.70. The summed E-state index contributed by atoms with van der Waals surface area (Å²) in [5.41, 5.74) is 4.32. The molecule has 0 radical (unpaired) electrons. The van der Waals surface area contributed by atoms with Gasteiger partial charge in [0.25, 0.3) is 0 Å². The van der Waals surface area contributed by atoms with E-state index in [1.54, 1.807) is 0 Å². The van der Waals surface area contributed by atoms with Crippen molar-refractivity contribution in [3.8, 4) is 0 Å². The number of rotatable bonds is 5. The van der Waals surface area contributed by atoms with Crippen LogP contribution in [0, 0.1) is 11.8 Å². The summed E-state index contributed by atoms with van der Waals surface area (Å²) in [6.07, 6.45) is 4.65. The van der Waals surface area contributed by atoms with Crippen LogP contribution in [0.4, 0.5) is 0 Å². The molecule has 0 N–H and O–H groups in total. The molecule has 1 saturated carbocycles. The second-order valence-electron chi connectivity index (χ2n) is 9.36. The van der Waals surface area contributed by atoms with Crippen LogP contribution in [0.2, 0.25) is 5.02 Å². The molecule has 0 spiro atoms. The Hall–Kier alpha value is -1.68. The van der Waals surface area contributed by atoms with Crippen molar-refractivity contribution in [3.05, 3.63) is 70.2 Å². The molecule has 3 aliphatic rings. The number of nitrogens with zero attached hydrogens (tertiary/aromatic N) is 2. The number of hydrogen-bond donors (Lipinski definition) is 0. The van der Waals surface area contributed by atoms with Crippen molar-refractivity contribution in [2.24, 2.45) is 11.8 Å². The Balaban J connectivity index is 1.14. The topological polar surface area (TPSA) is 23.6 Å². The van der Waals surface area contributed by atoms with Crippen molar-refractivity contribution in [1.82, 2.24) is 9.80 Å². The van der Waals surface area contributed by atoms with Gasteiger partial charge in [0.1, 0.15) is 5.78 Å². The highest BCUT2D eigenvalue weighted by Gasteiger charge is 2.42. The highest BCUT2D eigenvalue weighted by atomic mass is 35.5. The summed E-state index contributed by atoms with van der Waals surface area (Å²) >= 11 is 5.99. The molecule has 0 aromatic heterocycles. The largest absolute Gasteiger partial charge is 0.298 e. The van der Waals surface area contributed by atoms with Crippen molar-refractivity contribution in [2.75, 3.05) is 32.7 Å². The predicted molar refractivity (Wildman–Crippen MR) is 122 cm³/mol. The zero-order valence-electron chi connectivity index (χ0n) is 17.6. The van der Waals surface area contributed by atoms with E-state index in [2.05, 4.69) is 46.2 Å². The van der Waals surface area contributed by atoms with E-state index in [9.17, 15) is 4.79 Å². The van der Waals surface area contributed by atoms with E-state index < -0.39 is 0 Å². The third-order valence-corrected chi connectivity index (χ3v) is 7.80. The highest BCUT2D eigenvalue weighted by Crippen LogP contribution is 2.49. The molecule has 2 fully saturated rings. The molecular formula is C26H31ClN2O. The third-order valence-electron chi connectivity index (χ3n) is 7.55. The van der Waals surface area contributed by atoms with Crippen LogP contribution in [0.1, 0.15) is 41.9 Å². The van der Waals surface area contributed by atoms with Gasteiger partial charge in [0.05, 0.1) is 6.54 Å². The molecule has 1 unspecified atom stereocenters. The summed E-state index contributed by atoms with van der Waals surface area (Å²) in [6.45, 7) is 5.62. The van der Waals surface area contributed by atoms with Gasteiger partial charge in [0, 0.05) is 43.7 Å². The summed E-state index contributed by atoms with van der Waals surface area (Å²) < 4.78 is 0. The minimum Gasteiger partial charge on any atom is -0.298 e. The Morgan fingerprint density at radius 3 is 2.47 bits per heavy atom. The number of ketones is 1. The van der Waals surface area contributed by atoms with Crippen LogP contribution in [-0.2, 0) is 17.8 Å². The minimum atomic E-state index is 0.253. The van der Waals surface area contributed by atoms with E-state index in [0.29, 0.717) is 24.2 Å². The zero-order valence-corrected chi connectivity index (χ0v) is 18.4. The SMILES string of the molecule is O=C(CN1CCN(Cc2ccc(Cl)cc2)CC1)C1CCC[C@H]2c3ccccc3C[C@@H]12. The van der Waals surface area contributed by atoms with Gasteiger partial charge in [0.2, 0.25) is 0 Å². The summed E-state index contributed by atoms with van der Waals surface area (Å²) in [4.78, 5) is 18.2. The van der Waals surface area contributed by atoms with Gasteiger partial charge in [-0.15, -0.1) is 0 Å². The number of Topliss-reactive ketones (excluding diaryl/α,β-unsaturated/α-hetero) is 1. The molecule has 0 bridgehead atoms. The second-order valence-corrected chi connectivity index (χ2v) is 9.79. The molecule has 158 valence electrons. The molecule has 30 heavy (non-hydrogen) atoms. The van der Waals surface area contributed by atoms with Gasteiger partial charge in [-0.05, 0) is 59.9 Å². The van der Waals surface area contributed by atoms with E-state index in [0.717, 1.165) is 50.6 Å². The minimum absolute atomic E-state index is 0.253. The molecule has 1 aliphatic heterocycles. The molecule has 2 aromatic rings. The average Bonchev–Trinajstić information content (AvgIpc) is 3.15. The van der Waals surface area contributed by atoms with E-state index in [-0.39, 0.29) is 5.92 Å². The summed E-state index contributed by atoms with van der Waals surface area (Å²) in [6, 6.07) is 17.0. The van der Waals surface area contributed by atoms with Crippen molar-refractivity contribution in [1.29, 1.82) is 0 Å². The van der Waals surface area contributed by atoms with Gasteiger partial charge in [0.15, 0.2) is 0 Å². The summed E-state index contributed by atoms with van der Waals surface area (Å²) in [5.74, 6) is 1.89. The van der Waals surface area contributed by atoms with E-state index in [1.165, 1.54) is 29.5 Å². The summed E-state index contributed by atoms with van der Waals surface area (Å²) in [7, 11) is 0. The van der Waals surface area contributed by atoms with E-state index >= 15 is 0 Å². The fourth-order valence-electron chi connectivity index (χ4n) is 5.96. The number of fused-ring (bicyclic) bond motifs is 3. The summed E-state index contributed by atoms with van der Waals surface area (Å²) in [5, 5.41) is 0.789. The lowest BCUT2D eigenvalue weighted by Crippen LogP contribution is -2.48. The van der Waals surface area contributed by atoms with Crippen LogP contribution in [0.25, 0.3) is 0 Å². The fourth-order valence-corrected chi connectivity index (χ4v) is 6.09. The number of halogens is 1. The standard InChI is InChI=1S/C26H31ClN2O/c27-21-10-8-19(9-11-21)17-28-12-14-29(15-13-28)18-26(30)24-7-3-6-23-22-5-2-1-4-20(22)16-25(23)24/h1-2,4-5,8-11,23-25H,3,6-7,12-18H2/t23-,24?,25+/m0/s1. The number of carbonyl (C=O) groups is 1. The maximum Gasteiger partial charge on any atom is 0.150 e. The molecule has 1 saturated heterocycles. The van der Waals surface area contributed by atoms with E-state index in [1.807, 2.05) is 12.1 Å². The Kier molecular flexibility index (Phi) is 5.95. The van der Waals surface area contributed by atoms with Crippen molar-refractivity contribution in [3.63, 3.8) is 0 Å². The molecule has 3 nitrogen and oxygen atoms in total. The van der Waals surface area contributed by atoms with Gasteiger partial charge in [-0.3, -0.25) is 14.6 Å². The van der Waals surface area contributed by atoms with Crippen LogP contribution in [0.15, 0.2) is 48.5 Å². The Morgan fingerprint density at radius 1 is 0.933 bits per heavy atom. The molecule has 5 rings (SSSR count). The van der Waals surface area contributed by atoms with Crippen LogP contribution >= 0.6 is 11.6 Å². The molecule has 2 aromatic carbocycles. The Bertz CT molecular complexity index is 888. The molecule has 0 amide bonds. The van der Waals surface area contributed by atoms with Gasteiger partial charge in [-0.1, -0.05) is 54.4 Å². The maximum absolute atomic E-state index is 13.3. The quantitative estimate of drug-likeness (QED) is 0.692. The smallest absolute Gasteiger partial charge is 0.150 e. The zero-order chi connectivity index (χ0) is 20.5. The number of hydrogen-bond acceptors (Lipinski definition) is 3. The number of benzene rings is 2. The first-order valence-electron chi connectivity index (χ1n) is 11.5. The van der Waals surface area contributed by atoms with Gasteiger partial charge < -0.3 is 0 Å². The lowest BCUT2D eigenvalue weighted by Gasteiger charge is -2.37. The van der Waals surface area contributed by atoms with Crippen LogP contribution in [0.5, 0.6) is 0 Å². The first-order chi connectivity index (χ1) is 14.7. The lowest BCUT2D eigenvalue weighted by molar-refractivity contribution is -0.127. The van der Waals surface area contributed by atoms with Gasteiger partial charge in [-0.2, -0.15) is 0 Å². The Morgan fingerprint density at radius 2 is 1.67 bits per heavy atom. The third kappa shape index (κ3) is 4.21. The van der Waals surface area contributed by atoms with Crippen molar-refractivity contribution >= 4 is 17.4 Å². The average molecular weight is 423 g/mol. The monoisotopic (exact) mass is 422 g/mol. The van der Waals surface area contributed by atoms with Crippen LogP contribution in [-0.4, -0.2) is 48.3 Å². The predicted octanol–water partition coefficient (Wildman–Crippen LogP) is 4.78. The van der Waals surface area contributed by atoms with Crippen molar-refractivity contribution in [2.45, 2.75) is 38.1 Å². The molecule has 3 atom stereocenters. The van der Waals surface area contributed by atoms with Crippen LogP contribution < -0.4 is 0 Å². The van der Waals surface area contributed by atoms with Gasteiger partial charge in [-0.25, -0.2) is 0 Å². The first kappa shape index (κ1) is 20.2. The maximum atomic E-state index is 13.3. The molecule has 4 heteroatoms. The molecule has 1 heterocycles. The Labute approximate surface area is 185 Å². The van der Waals surface area contributed by atoms with Gasteiger partial charge >= 0.3 is 0 Å². The highest BCUT2D eigenvalue weighted by molar-refractivity contribution is 6.30. The normalized spacial score (nSPS) is 26.9. The fraction of sp³-hybridized carbons (Fsp3) is 0.500. The molecule has 2 aliphatic carbocycles. The first-order valence-corrected chi connectivity index (χ1v) is 11.8. The number of carbonyl (C=O) groups excluding carboxylic acids is 1. The molecular weight excluding hydrogens is 392 g/mol. The second kappa shape index (κ2) is 8.82.